The maximum Gasteiger partial charge on any atom is 0.115 e. The highest BCUT2D eigenvalue weighted by Gasteiger charge is 2.22. The number of benzene rings is 3. The Balaban J connectivity index is 1.75. The Hall–Kier alpha value is -2.88. The van der Waals surface area contributed by atoms with Crippen LogP contribution in [-0.4, -0.2) is 40.9 Å². The van der Waals surface area contributed by atoms with E-state index in [1.807, 2.05) is 12.1 Å². The van der Waals surface area contributed by atoms with Crippen LogP contribution in [0.25, 0.3) is 11.1 Å². The molecule has 0 saturated carbocycles. The number of hydrogen-bond acceptors (Lipinski definition) is 3. The van der Waals surface area contributed by atoms with Crippen LogP contribution >= 0.6 is 0 Å². The minimum Gasteiger partial charge on any atom is -0.508 e. The second-order valence-corrected chi connectivity index (χ2v) is 10.1. The molecule has 184 valence electrons. The highest BCUT2D eigenvalue weighted by atomic mass is 16.3. The maximum atomic E-state index is 9.93. The van der Waals surface area contributed by atoms with Gasteiger partial charge in [0.1, 0.15) is 5.75 Å². The lowest BCUT2D eigenvalue weighted by atomic mass is 9.84. The van der Waals surface area contributed by atoms with Gasteiger partial charge in [0.05, 0.1) is 0 Å². The molecule has 1 aliphatic rings. The van der Waals surface area contributed by atoms with Gasteiger partial charge in [-0.3, -0.25) is 0 Å². The second-order valence-electron chi connectivity index (χ2n) is 10.1. The van der Waals surface area contributed by atoms with E-state index < -0.39 is 0 Å². The van der Waals surface area contributed by atoms with Crippen molar-refractivity contribution in [2.24, 2.45) is 0 Å². The summed E-state index contributed by atoms with van der Waals surface area (Å²) in [6.07, 6.45) is 3.91. The Morgan fingerprint density at radius 3 is 2.06 bits per heavy atom. The van der Waals surface area contributed by atoms with Gasteiger partial charge in [0.25, 0.3) is 0 Å². The third-order valence-corrected chi connectivity index (χ3v) is 7.44. The van der Waals surface area contributed by atoms with Gasteiger partial charge < -0.3 is 15.1 Å². The quantitative estimate of drug-likeness (QED) is 0.348. The van der Waals surface area contributed by atoms with Gasteiger partial charge in [-0.25, -0.2) is 0 Å². The summed E-state index contributed by atoms with van der Waals surface area (Å²) in [7, 11) is 0. The molecule has 0 bridgehead atoms. The Kier molecular flexibility index (Phi) is 8.43. The van der Waals surface area contributed by atoms with E-state index in [1.165, 1.54) is 59.3 Å². The summed E-state index contributed by atoms with van der Waals surface area (Å²) in [6, 6.07) is 25.8. The summed E-state index contributed by atoms with van der Waals surface area (Å²) in [6.45, 7) is 9.22. The molecule has 4 rings (SSSR count). The fraction of sp³-hybridized carbons (Fsp3) is 0.375. The highest BCUT2D eigenvalue weighted by Crippen LogP contribution is 2.38. The molecule has 1 heterocycles. The molecule has 0 radical (unpaired) electrons. The first-order valence-electron chi connectivity index (χ1n) is 13.0. The lowest BCUT2D eigenvalue weighted by Gasteiger charge is -2.34. The van der Waals surface area contributed by atoms with Gasteiger partial charge in [0.15, 0.2) is 0 Å². The Morgan fingerprint density at radius 2 is 1.49 bits per heavy atom. The van der Waals surface area contributed by atoms with Crippen molar-refractivity contribution in [1.82, 2.24) is 4.90 Å². The number of aliphatic hydroxyl groups is 1. The number of hydrogen-bond donors (Lipinski definition) is 2. The van der Waals surface area contributed by atoms with Gasteiger partial charge in [-0.2, -0.15) is 0 Å². The molecule has 2 N–H and O–H groups in total. The summed E-state index contributed by atoms with van der Waals surface area (Å²) in [5, 5.41) is 19.6. The van der Waals surface area contributed by atoms with Crippen LogP contribution in [0, 0.1) is 6.92 Å². The molecular weight excluding hydrogens is 430 g/mol. The molecular formula is C32H39NO2. The maximum absolute atomic E-state index is 9.93. The molecule has 3 nitrogen and oxygen atoms in total. The molecule has 3 aromatic carbocycles. The normalized spacial score (nSPS) is 15.9. The van der Waals surface area contributed by atoms with Crippen molar-refractivity contribution in [2.45, 2.75) is 58.4 Å². The summed E-state index contributed by atoms with van der Waals surface area (Å²) in [5.41, 5.74) is 8.54. The monoisotopic (exact) mass is 469 g/mol. The van der Waals surface area contributed by atoms with Crippen LogP contribution in [0.3, 0.4) is 0 Å². The number of likely N-dealkylation sites (tertiary alicyclic amines) is 1. The standard InChI is InChI=1S/C32H39NO2/c1-23(2)33-20-18-26(19-21-33)25-10-12-27(13-11-25)32(28-14-16-29(35)17-15-28)31(9-6-22-34)30-8-5-4-7-24(30)3/h4-5,7-8,10-17,23,26,34-35H,6,9,18-22H2,1-3H3/b32-31+. The Labute approximate surface area is 210 Å². The average molecular weight is 470 g/mol. The first-order chi connectivity index (χ1) is 17.0. The zero-order valence-corrected chi connectivity index (χ0v) is 21.4. The number of rotatable bonds is 8. The van der Waals surface area contributed by atoms with Crippen molar-refractivity contribution in [3.8, 4) is 5.75 Å². The van der Waals surface area contributed by atoms with E-state index in [-0.39, 0.29) is 12.4 Å². The van der Waals surface area contributed by atoms with Gasteiger partial charge in [-0.15, -0.1) is 0 Å². The summed E-state index contributed by atoms with van der Waals surface area (Å²) in [4.78, 5) is 2.58. The summed E-state index contributed by atoms with van der Waals surface area (Å²) in [5.74, 6) is 0.884. The van der Waals surface area contributed by atoms with Crippen molar-refractivity contribution < 1.29 is 10.2 Å². The van der Waals surface area contributed by atoms with E-state index in [2.05, 4.69) is 74.2 Å². The van der Waals surface area contributed by atoms with Crippen molar-refractivity contribution in [1.29, 1.82) is 0 Å². The number of piperidine rings is 1. The number of aliphatic hydroxyl groups excluding tert-OH is 1. The van der Waals surface area contributed by atoms with Crippen molar-refractivity contribution in [3.63, 3.8) is 0 Å². The first-order valence-corrected chi connectivity index (χ1v) is 13.0. The smallest absolute Gasteiger partial charge is 0.115 e. The predicted molar refractivity (Wildman–Crippen MR) is 147 cm³/mol. The molecule has 1 fully saturated rings. The highest BCUT2D eigenvalue weighted by molar-refractivity contribution is 5.99. The zero-order valence-electron chi connectivity index (χ0n) is 21.4. The number of phenols is 1. The third-order valence-electron chi connectivity index (χ3n) is 7.44. The van der Waals surface area contributed by atoms with E-state index in [1.54, 1.807) is 12.1 Å². The molecule has 0 unspecified atom stereocenters. The van der Waals surface area contributed by atoms with Gasteiger partial charge in [0.2, 0.25) is 0 Å². The van der Waals surface area contributed by atoms with Crippen LogP contribution in [0.5, 0.6) is 5.75 Å². The van der Waals surface area contributed by atoms with Crippen molar-refractivity contribution >= 4 is 11.1 Å². The van der Waals surface area contributed by atoms with Crippen molar-refractivity contribution in [2.75, 3.05) is 19.7 Å². The molecule has 0 spiro atoms. The van der Waals surface area contributed by atoms with Gasteiger partial charge >= 0.3 is 0 Å². The summed E-state index contributed by atoms with van der Waals surface area (Å²) >= 11 is 0. The number of aryl methyl sites for hydroxylation is 1. The SMILES string of the molecule is Cc1ccccc1/C(CCCO)=C(/c1ccc(O)cc1)c1ccc(C2CCN(C(C)C)CC2)cc1. The minimum atomic E-state index is 0.159. The van der Waals surface area contributed by atoms with E-state index in [0.717, 1.165) is 12.0 Å². The predicted octanol–water partition coefficient (Wildman–Crippen LogP) is 7.02. The largest absolute Gasteiger partial charge is 0.508 e. The fourth-order valence-corrected chi connectivity index (χ4v) is 5.38. The molecule has 0 atom stereocenters. The van der Waals surface area contributed by atoms with Crippen LogP contribution in [0.4, 0.5) is 0 Å². The number of nitrogens with zero attached hydrogens (tertiary/aromatic N) is 1. The van der Waals surface area contributed by atoms with Crippen LogP contribution in [0.2, 0.25) is 0 Å². The lowest BCUT2D eigenvalue weighted by Crippen LogP contribution is -2.37. The van der Waals surface area contributed by atoms with Gasteiger partial charge in [0, 0.05) is 12.6 Å². The molecule has 35 heavy (non-hydrogen) atoms. The lowest BCUT2D eigenvalue weighted by molar-refractivity contribution is 0.172. The minimum absolute atomic E-state index is 0.159. The zero-order chi connectivity index (χ0) is 24.8. The van der Waals surface area contributed by atoms with Crippen LogP contribution in [-0.2, 0) is 0 Å². The molecule has 3 aromatic rings. The Bertz CT molecular complexity index is 1120. The number of aromatic hydroxyl groups is 1. The molecule has 1 aliphatic heterocycles. The number of phenolic OH excluding ortho intramolecular Hbond substituents is 1. The van der Waals surface area contributed by atoms with Gasteiger partial charge in [-0.05, 0) is 117 Å². The van der Waals surface area contributed by atoms with Crippen molar-refractivity contribution in [3.05, 3.63) is 101 Å². The molecule has 3 heteroatoms. The Morgan fingerprint density at radius 1 is 0.886 bits per heavy atom. The topological polar surface area (TPSA) is 43.7 Å². The number of allylic oxidation sites excluding steroid dienone is 1. The third kappa shape index (κ3) is 6.04. The van der Waals surface area contributed by atoms with E-state index in [4.69, 9.17) is 0 Å². The van der Waals surface area contributed by atoms with Crippen LogP contribution in [0.1, 0.15) is 73.3 Å². The fourth-order valence-electron chi connectivity index (χ4n) is 5.38. The second kappa shape index (κ2) is 11.7. The molecule has 0 aromatic heterocycles. The van der Waals surface area contributed by atoms with Crippen LogP contribution in [0.15, 0.2) is 72.8 Å². The molecule has 0 aliphatic carbocycles. The summed E-state index contributed by atoms with van der Waals surface area (Å²) < 4.78 is 0. The molecule has 1 saturated heterocycles. The van der Waals surface area contributed by atoms with E-state index in [0.29, 0.717) is 18.4 Å². The van der Waals surface area contributed by atoms with Crippen LogP contribution < -0.4 is 0 Å². The van der Waals surface area contributed by atoms with E-state index in [9.17, 15) is 10.2 Å². The van der Waals surface area contributed by atoms with Gasteiger partial charge in [-0.1, -0.05) is 60.7 Å². The first kappa shape index (κ1) is 25.2. The van der Waals surface area contributed by atoms with E-state index >= 15 is 0 Å². The molecule has 0 amide bonds. The average Bonchev–Trinajstić information content (AvgIpc) is 2.88.